The molecule has 0 amide bonds. The number of nitrogens with one attached hydrogen (secondary N) is 1. The van der Waals surface area contributed by atoms with Crippen molar-refractivity contribution in [1.29, 1.82) is 0 Å². The Hall–Kier alpha value is -1.14. The van der Waals surface area contributed by atoms with Crippen LogP contribution in [0, 0.1) is 0 Å². The topological polar surface area (TPSA) is 74.4 Å². The summed E-state index contributed by atoms with van der Waals surface area (Å²) in [5, 5.41) is 17.7. The molecule has 0 bridgehead atoms. The van der Waals surface area contributed by atoms with Gasteiger partial charge < -0.3 is 19.8 Å². The molecule has 3 rings (SSSR count). The van der Waals surface area contributed by atoms with Gasteiger partial charge in [0.25, 0.3) is 11.8 Å². The van der Waals surface area contributed by atoms with Crippen LogP contribution in [0.25, 0.3) is 0 Å². The zero-order chi connectivity index (χ0) is 12.4. The van der Waals surface area contributed by atoms with Crippen molar-refractivity contribution in [3.63, 3.8) is 0 Å². The van der Waals surface area contributed by atoms with Crippen LogP contribution in [0.1, 0.15) is 38.0 Å². The molecule has 3 heterocycles. The molecule has 2 N–H and O–H groups in total. The summed E-state index contributed by atoms with van der Waals surface area (Å²) in [4.78, 5) is 6.52. The highest BCUT2D eigenvalue weighted by Crippen LogP contribution is 2.28. The van der Waals surface area contributed by atoms with Crippen molar-refractivity contribution in [2.24, 2.45) is 0 Å². The molecule has 6 nitrogen and oxygen atoms in total. The maximum atomic E-state index is 10.5. The average molecular weight is 252 g/mol. The molecular weight excluding hydrogens is 232 g/mol. The fourth-order valence-electron chi connectivity index (χ4n) is 2.70. The van der Waals surface area contributed by atoms with E-state index < -0.39 is 5.60 Å². The fourth-order valence-corrected chi connectivity index (χ4v) is 2.70. The van der Waals surface area contributed by atoms with Gasteiger partial charge >= 0.3 is 0 Å². The Morgan fingerprint density at radius 3 is 2.78 bits per heavy atom. The van der Waals surface area contributed by atoms with Crippen LogP contribution in [-0.2, 0) is 5.60 Å². The zero-order valence-electron chi connectivity index (χ0n) is 10.6. The Morgan fingerprint density at radius 1 is 1.22 bits per heavy atom. The van der Waals surface area contributed by atoms with E-state index in [0.29, 0.717) is 24.8 Å². The minimum absolute atomic E-state index is 0.357. The van der Waals surface area contributed by atoms with E-state index in [1.54, 1.807) is 0 Å². The van der Waals surface area contributed by atoms with Crippen LogP contribution in [0.4, 0.5) is 5.95 Å². The number of aromatic nitrogens is 2. The largest absolute Gasteiger partial charge is 0.379 e. The predicted octanol–water partition coefficient (Wildman–Crippen LogP) is 0.631. The summed E-state index contributed by atoms with van der Waals surface area (Å²) in [6, 6.07) is 0. The van der Waals surface area contributed by atoms with Crippen LogP contribution in [-0.4, -0.2) is 41.4 Å². The van der Waals surface area contributed by atoms with Gasteiger partial charge in [-0.05, 0) is 43.8 Å². The van der Waals surface area contributed by atoms with E-state index >= 15 is 0 Å². The number of anilines is 1. The van der Waals surface area contributed by atoms with Gasteiger partial charge in [0.1, 0.15) is 0 Å². The molecule has 0 saturated carbocycles. The molecule has 2 aliphatic rings. The molecule has 2 fully saturated rings. The normalized spacial score (nSPS) is 29.5. The Balaban J connectivity index is 1.75. The fraction of sp³-hybridized carbons (Fsp3) is 0.833. The SMILES string of the molecule is OC1(c2nc(N3CCCCC3)no2)CCCNC1. The number of hydrogen-bond donors (Lipinski definition) is 2. The van der Waals surface area contributed by atoms with Crippen molar-refractivity contribution in [3.05, 3.63) is 5.89 Å². The first-order chi connectivity index (χ1) is 8.78. The minimum atomic E-state index is -0.987. The standard InChI is InChI=1S/C12H20N4O2/c17-12(5-4-6-13-9-12)10-14-11(15-18-10)16-7-2-1-3-8-16/h13,17H,1-9H2. The molecule has 1 aromatic rings. The summed E-state index contributed by atoms with van der Waals surface area (Å²) < 4.78 is 5.27. The second kappa shape index (κ2) is 4.85. The van der Waals surface area contributed by atoms with E-state index in [1.807, 2.05) is 0 Å². The molecule has 0 aliphatic carbocycles. The van der Waals surface area contributed by atoms with Crippen LogP contribution in [0.15, 0.2) is 4.52 Å². The lowest BCUT2D eigenvalue weighted by Gasteiger charge is -2.29. The third-order valence-corrected chi connectivity index (χ3v) is 3.81. The first kappa shape index (κ1) is 11.9. The number of nitrogens with zero attached hydrogens (tertiary/aromatic N) is 3. The molecule has 2 aliphatic heterocycles. The number of hydrogen-bond acceptors (Lipinski definition) is 6. The van der Waals surface area contributed by atoms with Gasteiger partial charge in [-0.15, -0.1) is 0 Å². The van der Waals surface area contributed by atoms with E-state index in [-0.39, 0.29) is 0 Å². The number of piperidine rings is 2. The van der Waals surface area contributed by atoms with Gasteiger partial charge in [-0.2, -0.15) is 4.98 Å². The highest BCUT2D eigenvalue weighted by Gasteiger charge is 2.37. The number of aliphatic hydroxyl groups is 1. The summed E-state index contributed by atoms with van der Waals surface area (Å²) in [6.45, 7) is 3.40. The summed E-state index contributed by atoms with van der Waals surface area (Å²) in [7, 11) is 0. The van der Waals surface area contributed by atoms with Gasteiger partial charge in [0.05, 0.1) is 0 Å². The molecule has 0 aromatic carbocycles. The van der Waals surface area contributed by atoms with E-state index in [1.165, 1.54) is 19.3 Å². The van der Waals surface area contributed by atoms with Crippen molar-refractivity contribution in [3.8, 4) is 0 Å². The van der Waals surface area contributed by atoms with Crippen molar-refractivity contribution >= 4 is 5.95 Å². The predicted molar refractivity (Wildman–Crippen MR) is 66.4 cm³/mol. The van der Waals surface area contributed by atoms with Crippen molar-refractivity contribution in [1.82, 2.24) is 15.5 Å². The highest BCUT2D eigenvalue weighted by atomic mass is 16.5. The van der Waals surface area contributed by atoms with E-state index in [9.17, 15) is 5.11 Å². The Bertz CT molecular complexity index is 395. The first-order valence-corrected chi connectivity index (χ1v) is 6.80. The zero-order valence-corrected chi connectivity index (χ0v) is 10.6. The maximum absolute atomic E-state index is 10.5. The Labute approximate surface area is 106 Å². The number of β-amino-alcohol motifs (C(OH)–C–C–N with tert-alkyl or cyclic N) is 1. The van der Waals surface area contributed by atoms with Crippen LogP contribution in [0.2, 0.25) is 0 Å². The molecule has 2 saturated heterocycles. The molecule has 0 radical (unpaired) electrons. The van der Waals surface area contributed by atoms with Crippen LogP contribution < -0.4 is 10.2 Å². The van der Waals surface area contributed by atoms with E-state index in [0.717, 1.165) is 26.1 Å². The lowest BCUT2D eigenvalue weighted by Crippen LogP contribution is -2.43. The van der Waals surface area contributed by atoms with Crippen LogP contribution >= 0.6 is 0 Å². The quantitative estimate of drug-likeness (QED) is 0.804. The Kier molecular flexibility index (Phi) is 3.22. The van der Waals surface area contributed by atoms with Gasteiger partial charge in [-0.25, -0.2) is 0 Å². The van der Waals surface area contributed by atoms with Crippen molar-refractivity contribution < 1.29 is 9.63 Å². The summed E-state index contributed by atoms with van der Waals surface area (Å²) in [5.41, 5.74) is -0.987. The van der Waals surface area contributed by atoms with E-state index in [4.69, 9.17) is 4.52 Å². The van der Waals surface area contributed by atoms with E-state index in [2.05, 4.69) is 20.4 Å². The third-order valence-electron chi connectivity index (χ3n) is 3.81. The highest BCUT2D eigenvalue weighted by molar-refractivity contribution is 5.29. The second-order valence-corrected chi connectivity index (χ2v) is 5.26. The molecule has 1 aromatic heterocycles. The summed E-state index contributed by atoms with van der Waals surface area (Å²) in [5.74, 6) is 0.985. The smallest absolute Gasteiger partial charge is 0.266 e. The maximum Gasteiger partial charge on any atom is 0.266 e. The van der Waals surface area contributed by atoms with Gasteiger partial charge in [0, 0.05) is 19.6 Å². The monoisotopic (exact) mass is 252 g/mol. The third kappa shape index (κ3) is 2.22. The molecule has 1 atom stereocenters. The van der Waals surface area contributed by atoms with Gasteiger partial charge in [0.2, 0.25) is 0 Å². The van der Waals surface area contributed by atoms with Gasteiger partial charge in [-0.1, -0.05) is 0 Å². The second-order valence-electron chi connectivity index (χ2n) is 5.26. The van der Waals surface area contributed by atoms with Gasteiger partial charge in [0.15, 0.2) is 5.60 Å². The molecular formula is C12H20N4O2. The van der Waals surface area contributed by atoms with Crippen molar-refractivity contribution in [2.45, 2.75) is 37.7 Å². The summed E-state index contributed by atoms with van der Waals surface area (Å²) in [6.07, 6.45) is 5.24. The average Bonchev–Trinajstić information content (AvgIpc) is 2.91. The molecule has 0 spiro atoms. The first-order valence-electron chi connectivity index (χ1n) is 6.80. The Morgan fingerprint density at radius 2 is 2.06 bits per heavy atom. The molecule has 1 unspecified atom stereocenters. The molecule has 100 valence electrons. The lowest BCUT2D eigenvalue weighted by atomic mass is 9.94. The number of rotatable bonds is 2. The lowest BCUT2D eigenvalue weighted by molar-refractivity contribution is -0.0167. The molecule has 6 heteroatoms. The van der Waals surface area contributed by atoms with Crippen molar-refractivity contribution in [2.75, 3.05) is 31.1 Å². The van der Waals surface area contributed by atoms with Crippen LogP contribution in [0.3, 0.4) is 0 Å². The van der Waals surface area contributed by atoms with Crippen LogP contribution in [0.5, 0.6) is 0 Å². The van der Waals surface area contributed by atoms with Gasteiger partial charge in [-0.3, -0.25) is 0 Å². The molecule has 18 heavy (non-hydrogen) atoms. The minimum Gasteiger partial charge on any atom is -0.379 e. The summed E-state index contributed by atoms with van der Waals surface area (Å²) >= 11 is 0.